The molecule has 0 heterocycles. The molecule has 0 aromatic heterocycles. The topological polar surface area (TPSA) is 23.9 Å². The van der Waals surface area contributed by atoms with Crippen molar-refractivity contribution in [2.45, 2.75) is 65.2 Å². The van der Waals surface area contributed by atoms with E-state index < -0.39 is 0 Å². The normalized spacial score (nSPS) is 10.2. The number of hydrogen-bond donors (Lipinski definition) is 1. The van der Waals surface area contributed by atoms with Crippen LogP contribution in [-0.2, 0) is 0 Å². The molecule has 0 radical (unpaired) electrons. The zero-order chi connectivity index (χ0) is 9.23. The first-order valence-corrected chi connectivity index (χ1v) is 5.37. The Morgan fingerprint density at radius 3 is 2.08 bits per heavy atom. The van der Waals surface area contributed by atoms with E-state index in [1.165, 1.54) is 38.5 Å². The first kappa shape index (κ1) is 11.7. The lowest BCUT2D eigenvalue weighted by molar-refractivity contribution is 0.614. The van der Waals surface area contributed by atoms with Crippen LogP contribution in [0, 0.1) is 5.41 Å². The van der Waals surface area contributed by atoms with Crippen LogP contribution in [0.25, 0.3) is 0 Å². The molecule has 0 rings (SSSR count). The van der Waals surface area contributed by atoms with Gasteiger partial charge in [0.05, 0.1) is 0 Å². The second-order valence-corrected chi connectivity index (χ2v) is 3.47. The van der Waals surface area contributed by atoms with E-state index in [4.69, 9.17) is 5.41 Å². The van der Waals surface area contributed by atoms with Gasteiger partial charge in [-0.25, -0.2) is 0 Å². The fourth-order valence-electron chi connectivity index (χ4n) is 1.30. The molecule has 0 fully saturated rings. The van der Waals surface area contributed by atoms with Gasteiger partial charge in [-0.15, -0.1) is 0 Å². The molecule has 1 N–H and O–H groups in total. The maximum Gasteiger partial charge on any atom is 0.00864 e. The van der Waals surface area contributed by atoms with Gasteiger partial charge in [-0.1, -0.05) is 46.0 Å². The van der Waals surface area contributed by atoms with Gasteiger partial charge < -0.3 is 5.41 Å². The molecule has 0 saturated heterocycles. The van der Waals surface area contributed by atoms with E-state index in [0.717, 1.165) is 18.6 Å². The van der Waals surface area contributed by atoms with Crippen molar-refractivity contribution in [1.29, 1.82) is 5.41 Å². The number of hydrogen-bond acceptors (Lipinski definition) is 1. The minimum Gasteiger partial charge on any atom is -0.310 e. The van der Waals surface area contributed by atoms with E-state index >= 15 is 0 Å². The molecule has 72 valence electrons. The lowest BCUT2D eigenvalue weighted by Crippen LogP contribution is -1.92. The van der Waals surface area contributed by atoms with Crippen LogP contribution < -0.4 is 0 Å². The fourth-order valence-corrected chi connectivity index (χ4v) is 1.30. The summed E-state index contributed by atoms with van der Waals surface area (Å²) in [5.41, 5.74) is 0.922. The molecule has 0 atom stereocenters. The zero-order valence-electron chi connectivity index (χ0n) is 8.66. The predicted molar refractivity (Wildman–Crippen MR) is 56.0 cm³/mol. The smallest absolute Gasteiger partial charge is 0.00864 e. The highest BCUT2D eigenvalue weighted by atomic mass is 14.4. The third-order valence-corrected chi connectivity index (χ3v) is 2.26. The van der Waals surface area contributed by atoms with Crippen molar-refractivity contribution >= 4 is 5.71 Å². The van der Waals surface area contributed by atoms with Crippen LogP contribution in [0.15, 0.2) is 0 Å². The molecule has 0 aromatic rings. The summed E-state index contributed by atoms with van der Waals surface area (Å²) in [4.78, 5) is 0. The average Bonchev–Trinajstić information content (AvgIpc) is 2.10. The molecule has 1 heteroatoms. The third-order valence-electron chi connectivity index (χ3n) is 2.26. The number of rotatable bonds is 8. The van der Waals surface area contributed by atoms with Crippen LogP contribution in [0.2, 0.25) is 0 Å². The first-order chi connectivity index (χ1) is 5.81. The van der Waals surface area contributed by atoms with Crippen LogP contribution in [0.1, 0.15) is 65.2 Å². The highest BCUT2D eigenvalue weighted by Gasteiger charge is 1.93. The molecule has 0 amide bonds. The van der Waals surface area contributed by atoms with Crippen molar-refractivity contribution < 1.29 is 0 Å². The lowest BCUT2D eigenvalue weighted by Gasteiger charge is -2.00. The number of nitrogens with one attached hydrogen (secondary N) is 1. The van der Waals surface area contributed by atoms with Crippen LogP contribution in [-0.4, -0.2) is 5.71 Å². The first-order valence-electron chi connectivity index (χ1n) is 5.37. The van der Waals surface area contributed by atoms with Gasteiger partial charge >= 0.3 is 0 Å². The van der Waals surface area contributed by atoms with E-state index in [0.29, 0.717) is 0 Å². The molecular weight excluding hydrogens is 146 g/mol. The van der Waals surface area contributed by atoms with Gasteiger partial charge in [0.2, 0.25) is 0 Å². The van der Waals surface area contributed by atoms with E-state index in [9.17, 15) is 0 Å². The Labute approximate surface area is 77.1 Å². The Hall–Kier alpha value is -0.330. The van der Waals surface area contributed by atoms with Gasteiger partial charge in [-0.3, -0.25) is 0 Å². The molecule has 1 nitrogen and oxygen atoms in total. The molecule has 0 unspecified atom stereocenters. The summed E-state index contributed by atoms with van der Waals surface area (Å²) in [6, 6.07) is 0. The quantitative estimate of drug-likeness (QED) is 0.416. The van der Waals surface area contributed by atoms with Crippen molar-refractivity contribution in [3.8, 4) is 0 Å². The third kappa shape index (κ3) is 7.77. The summed E-state index contributed by atoms with van der Waals surface area (Å²) in [5.74, 6) is 0. The summed E-state index contributed by atoms with van der Waals surface area (Å²) in [6.45, 7) is 4.31. The molecule has 0 aromatic carbocycles. The predicted octanol–water partition coefficient (Wildman–Crippen LogP) is 4.17. The van der Waals surface area contributed by atoms with E-state index in [2.05, 4.69) is 13.8 Å². The van der Waals surface area contributed by atoms with Gasteiger partial charge in [0, 0.05) is 5.71 Å². The molecular formula is C11H23N. The van der Waals surface area contributed by atoms with Gasteiger partial charge in [-0.05, 0) is 19.3 Å². The van der Waals surface area contributed by atoms with Crippen molar-refractivity contribution in [1.82, 2.24) is 0 Å². The largest absolute Gasteiger partial charge is 0.310 e. The van der Waals surface area contributed by atoms with E-state index in [1.807, 2.05) is 0 Å². The van der Waals surface area contributed by atoms with Gasteiger partial charge in [0.1, 0.15) is 0 Å². The van der Waals surface area contributed by atoms with Crippen molar-refractivity contribution in [2.24, 2.45) is 0 Å². The molecule has 0 saturated carbocycles. The Balaban J connectivity index is 2.95. The van der Waals surface area contributed by atoms with E-state index in [1.54, 1.807) is 0 Å². The molecule has 0 aliphatic carbocycles. The monoisotopic (exact) mass is 169 g/mol. The SMILES string of the molecule is CCCCCCCCC(=N)CC. The highest BCUT2D eigenvalue weighted by Crippen LogP contribution is 2.07. The van der Waals surface area contributed by atoms with Crippen molar-refractivity contribution in [2.75, 3.05) is 0 Å². The van der Waals surface area contributed by atoms with Crippen LogP contribution in [0.5, 0.6) is 0 Å². The second kappa shape index (κ2) is 8.76. The minimum atomic E-state index is 0.922. The molecule has 0 aliphatic rings. The van der Waals surface area contributed by atoms with Crippen molar-refractivity contribution in [3.63, 3.8) is 0 Å². The zero-order valence-corrected chi connectivity index (χ0v) is 8.66. The average molecular weight is 169 g/mol. The fraction of sp³-hybridized carbons (Fsp3) is 0.909. The standard InChI is InChI=1S/C11H23N/c1-3-5-6-7-8-9-10-11(12)4-2/h12H,3-10H2,1-2H3. The summed E-state index contributed by atoms with van der Waals surface area (Å²) in [6.07, 6.45) is 9.98. The van der Waals surface area contributed by atoms with E-state index in [-0.39, 0.29) is 0 Å². The van der Waals surface area contributed by atoms with Gasteiger partial charge in [-0.2, -0.15) is 0 Å². The summed E-state index contributed by atoms with van der Waals surface area (Å²) in [5, 5.41) is 7.45. The lowest BCUT2D eigenvalue weighted by atomic mass is 10.1. The summed E-state index contributed by atoms with van der Waals surface area (Å²) in [7, 11) is 0. The van der Waals surface area contributed by atoms with Crippen LogP contribution >= 0.6 is 0 Å². The maximum atomic E-state index is 7.45. The highest BCUT2D eigenvalue weighted by molar-refractivity contribution is 5.80. The molecule has 0 aliphatic heterocycles. The van der Waals surface area contributed by atoms with Crippen LogP contribution in [0.4, 0.5) is 0 Å². The van der Waals surface area contributed by atoms with Crippen LogP contribution in [0.3, 0.4) is 0 Å². The second-order valence-electron chi connectivity index (χ2n) is 3.47. The minimum absolute atomic E-state index is 0.922. The molecule has 12 heavy (non-hydrogen) atoms. The summed E-state index contributed by atoms with van der Waals surface area (Å²) >= 11 is 0. The van der Waals surface area contributed by atoms with Crippen molar-refractivity contribution in [3.05, 3.63) is 0 Å². The van der Waals surface area contributed by atoms with Gasteiger partial charge in [0.15, 0.2) is 0 Å². The molecule has 0 spiro atoms. The maximum absolute atomic E-state index is 7.45. The summed E-state index contributed by atoms with van der Waals surface area (Å²) < 4.78 is 0. The van der Waals surface area contributed by atoms with Gasteiger partial charge in [0.25, 0.3) is 0 Å². The Morgan fingerprint density at radius 1 is 0.917 bits per heavy atom. The Bertz CT molecular complexity index is 108. The Kier molecular flexibility index (Phi) is 8.52. The Morgan fingerprint density at radius 2 is 1.50 bits per heavy atom. The molecule has 0 bridgehead atoms. The number of unbranched alkanes of at least 4 members (excludes halogenated alkanes) is 5.